The highest BCUT2D eigenvalue weighted by molar-refractivity contribution is 4.91. The highest BCUT2D eigenvalue weighted by Gasteiger charge is 2.43. The summed E-state index contributed by atoms with van der Waals surface area (Å²) in [5.74, 6) is 0. The number of aromatic nitrogens is 2. The van der Waals surface area contributed by atoms with E-state index in [2.05, 4.69) is 0 Å². The van der Waals surface area contributed by atoms with Gasteiger partial charge in [-0.25, -0.2) is 4.79 Å². The average molecular weight is 245 g/mol. The maximum Gasteiger partial charge on any atom is 0.330 e. The fraction of sp³-hybridized carbons (Fsp3) is 0.500. The summed E-state index contributed by atoms with van der Waals surface area (Å²) in [5.41, 5.74) is 0.283. The average Bonchev–Trinajstić information content (AvgIpc) is 2.57. The number of rotatable bonds is 2. The van der Waals surface area contributed by atoms with E-state index in [4.69, 9.17) is 9.94 Å². The van der Waals surface area contributed by atoms with E-state index < -0.39 is 35.9 Å². The third kappa shape index (κ3) is 2.01. The number of nitrogens with one attached hydrogen (secondary N) is 2. The number of hydrogen-bond acceptors (Lipinski definition) is 7. The first kappa shape index (κ1) is 12.0. The van der Waals surface area contributed by atoms with Crippen LogP contribution in [0.2, 0.25) is 0 Å². The summed E-state index contributed by atoms with van der Waals surface area (Å²) in [6.45, 7) is 0. The first-order valence-electron chi connectivity index (χ1n) is 4.77. The number of H-pyrrole nitrogens is 1. The van der Waals surface area contributed by atoms with Crippen molar-refractivity contribution in [3.05, 3.63) is 33.1 Å². The van der Waals surface area contributed by atoms with Gasteiger partial charge in [-0.2, -0.15) is 5.48 Å². The Morgan fingerprint density at radius 1 is 1.35 bits per heavy atom. The van der Waals surface area contributed by atoms with Crippen LogP contribution in [-0.2, 0) is 4.74 Å². The van der Waals surface area contributed by atoms with Crippen molar-refractivity contribution in [3.63, 3.8) is 0 Å². The van der Waals surface area contributed by atoms with Crippen LogP contribution in [0.3, 0.4) is 0 Å². The largest absolute Gasteiger partial charge is 0.386 e. The molecule has 0 spiro atoms. The minimum absolute atomic E-state index is 0.587. The van der Waals surface area contributed by atoms with Gasteiger partial charge in [0.15, 0.2) is 12.5 Å². The smallest absolute Gasteiger partial charge is 0.330 e. The van der Waals surface area contributed by atoms with E-state index in [9.17, 15) is 19.8 Å². The summed E-state index contributed by atoms with van der Waals surface area (Å²) in [6.07, 6.45) is -4.10. The van der Waals surface area contributed by atoms with Gasteiger partial charge in [0.2, 0.25) is 0 Å². The number of hydroxylamine groups is 1. The molecule has 0 saturated carbocycles. The van der Waals surface area contributed by atoms with Crippen LogP contribution in [0.25, 0.3) is 0 Å². The van der Waals surface area contributed by atoms with E-state index in [0.717, 1.165) is 16.8 Å². The summed E-state index contributed by atoms with van der Waals surface area (Å²) in [6, 6.07) is 1.07. The minimum Gasteiger partial charge on any atom is -0.386 e. The van der Waals surface area contributed by atoms with Gasteiger partial charge in [0, 0.05) is 12.3 Å². The highest BCUT2D eigenvalue weighted by Crippen LogP contribution is 2.26. The lowest BCUT2D eigenvalue weighted by molar-refractivity contribution is -0.0974. The van der Waals surface area contributed by atoms with Gasteiger partial charge in [-0.3, -0.25) is 14.3 Å². The summed E-state index contributed by atoms with van der Waals surface area (Å²) in [5, 5.41) is 27.7. The molecule has 0 radical (unpaired) electrons. The van der Waals surface area contributed by atoms with Gasteiger partial charge in [0.05, 0.1) is 0 Å². The van der Waals surface area contributed by atoms with Crippen LogP contribution in [-0.4, -0.2) is 43.4 Å². The Hall–Kier alpha value is -1.52. The Morgan fingerprint density at radius 2 is 2.06 bits per heavy atom. The van der Waals surface area contributed by atoms with E-state index >= 15 is 0 Å². The second-order valence-electron chi connectivity index (χ2n) is 3.57. The summed E-state index contributed by atoms with van der Waals surface area (Å²) >= 11 is 0. The Balaban J connectivity index is 2.35. The van der Waals surface area contributed by atoms with Crippen molar-refractivity contribution in [2.75, 3.05) is 0 Å². The molecule has 2 heterocycles. The molecule has 17 heavy (non-hydrogen) atoms. The first-order chi connectivity index (χ1) is 8.04. The second kappa shape index (κ2) is 4.39. The molecule has 0 amide bonds. The molecule has 0 aromatic carbocycles. The van der Waals surface area contributed by atoms with Crippen molar-refractivity contribution < 1.29 is 20.2 Å². The molecule has 0 unspecified atom stereocenters. The summed E-state index contributed by atoms with van der Waals surface area (Å²) < 4.78 is 5.93. The lowest BCUT2D eigenvalue weighted by Gasteiger charge is -2.16. The lowest BCUT2D eigenvalue weighted by atomic mass is 10.2. The van der Waals surface area contributed by atoms with E-state index in [1.165, 1.54) is 0 Å². The molecule has 9 nitrogen and oxygen atoms in total. The number of ether oxygens (including phenoxy) is 1. The monoisotopic (exact) mass is 245 g/mol. The van der Waals surface area contributed by atoms with Crippen LogP contribution in [0.1, 0.15) is 6.23 Å². The van der Waals surface area contributed by atoms with E-state index in [1.807, 2.05) is 4.98 Å². The zero-order valence-corrected chi connectivity index (χ0v) is 8.48. The van der Waals surface area contributed by atoms with Crippen molar-refractivity contribution >= 4 is 0 Å². The molecule has 94 valence electrons. The van der Waals surface area contributed by atoms with E-state index in [1.54, 1.807) is 5.48 Å². The molecule has 0 aliphatic carbocycles. The molecule has 1 saturated heterocycles. The van der Waals surface area contributed by atoms with Crippen LogP contribution in [0.4, 0.5) is 0 Å². The van der Waals surface area contributed by atoms with Crippen LogP contribution >= 0.6 is 0 Å². The fourth-order valence-electron chi connectivity index (χ4n) is 1.62. The molecule has 2 rings (SSSR count). The van der Waals surface area contributed by atoms with Gasteiger partial charge in [0.25, 0.3) is 5.56 Å². The number of hydrogen-bond donors (Lipinski definition) is 5. The molecule has 4 atom stereocenters. The van der Waals surface area contributed by atoms with Gasteiger partial charge >= 0.3 is 5.69 Å². The zero-order chi connectivity index (χ0) is 12.6. The van der Waals surface area contributed by atoms with Gasteiger partial charge in [-0.05, 0) is 0 Å². The molecule has 0 bridgehead atoms. The molecule has 1 aliphatic heterocycles. The Kier molecular flexibility index (Phi) is 3.09. The molecule has 1 fully saturated rings. The molecule has 1 aromatic heterocycles. The number of aromatic amines is 1. The molecular weight excluding hydrogens is 234 g/mol. The Labute approximate surface area is 93.9 Å². The Bertz CT molecular complexity index is 510. The fourth-order valence-corrected chi connectivity index (χ4v) is 1.62. The zero-order valence-electron chi connectivity index (χ0n) is 8.48. The van der Waals surface area contributed by atoms with Gasteiger partial charge in [-0.1, -0.05) is 0 Å². The number of aliphatic hydroxyl groups excluding tert-OH is 2. The van der Waals surface area contributed by atoms with Crippen molar-refractivity contribution in [3.8, 4) is 0 Å². The predicted molar refractivity (Wildman–Crippen MR) is 52.2 cm³/mol. The lowest BCUT2D eigenvalue weighted by Crippen LogP contribution is -2.39. The molecular formula is C8H11N3O6. The van der Waals surface area contributed by atoms with Crippen molar-refractivity contribution in [2.45, 2.75) is 24.7 Å². The van der Waals surface area contributed by atoms with Crippen molar-refractivity contribution in [1.82, 2.24) is 15.0 Å². The predicted octanol–water partition coefficient (Wildman–Crippen LogP) is -2.91. The van der Waals surface area contributed by atoms with E-state index in [-0.39, 0.29) is 0 Å². The van der Waals surface area contributed by atoms with E-state index in [0.29, 0.717) is 0 Å². The molecule has 5 N–H and O–H groups in total. The first-order valence-corrected chi connectivity index (χ1v) is 4.77. The maximum atomic E-state index is 11.4. The van der Waals surface area contributed by atoms with Crippen LogP contribution in [0, 0.1) is 0 Å². The molecule has 9 heteroatoms. The van der Waals surface area contributed by atoms with Crippen molar-refractivity contribution in [2.24, 2.45) is 0 Å². The normalized spacial score (nSPS) is 32.9. The third-order valence-corrected chi connectivity index (χ3v) is 2.49. The quantitative estimate of drug-likeness (QED) is 0.352. The number of nitrogens with zero attached hydrogens (tertiary/aromatic N) is 1. The standard InChI is InChI=1S/C8H11N3O6/c12-3-1-2-11(8(15)9-3)7-5(14)4(13)6(10-16)17-7/h1-2,4-7,10,13-14,16H,(H,9,12,15)/t4-,5+,6-,7+/m0/s1. The molecule has 1 aromatic rings. The SMILES string of the molecule is O=c1ccn([C@@H]2O[C@H](NO)[C@@H](O)[C@H]2O)c(=O)[nH]1. The van der Waals surface area contributed by atoms with Gasteiger partial charge < -0.3 is 20.2 Å². The minimum atomic E-state index is -1.41. The maximum absolute atomic E-state index is 11.4. The topological polar surface area (TPSA) is 137 Å². The summed E-state index contributed by atoms with van der Waals surface area (Å²) in [4.78, 5) is 24.3. The molecule has 1 aliphatic rings. The van der Waals surface area contributed by atoms with Gasteiger partial charge in [-0.15, -0.1) is 0 Å². The van der Waals surface area contributed by atoms with Crippen LogP contribution in [0.5, 0.6) is 0 Å². The van der Waals surface area contributed by atoms with Crippen LogP contribution < -0.4 is 16.7 Å². The van der Waals surface area contributed by atoms with Crippen LogP contribution in [0.15, 0.2) is 21.9 Å². The van der Waals surface area contributed by atoms with Gasteiger partial charge in [0.1, 0.15) is 12.2 Å². The second-order valence-corrected chi connectivity index (χ2v) is 3.57. The van der Waals surface area contributed by atoms with Crippen molar-refractivity contribution in [1.29, 1.82) is 0 Å². The summed E-state index contributed by atoms with van der Waals surface area (Å²) in [7, 11) is 0. The Morgan fingerprint density at radius 3 is 2.59 bits per heavy atom. The third-order valence-electron chi connectivity index (χ3n) is 2.49. The highest BCUT2D eigenvalue weighted by atomic mass is 16.6. The number of aliphatic hydroxyl groups is 2.